The minimum Gasteiger partial charge on any atom is -0.257 e. The van der Waals surface area contributed by atoms with Crippen LogP contribution in [0.1, 0.15) is 11.3 Å². The van der Waals surface area contributed by atoms with Crippen molar-refractivity contribution < 1.29 is 0 Å². The molecule has 0 aliphatic rings. The van der Waals surface area contributed by atoms with Gasteiger partial charge in [0, 0.05) is 11.1 Å². The molecule has 0 saturated carbocycles. The van der Waals surface area contributed by atoms with Crippen molar-refractivity contribution in [2.24, 2.45) is 0 Å². The predicted octanol–water partition coefficient (Wildman–Crippen LogP) is 3.51. The molecule has 0 radical (unpaired) electrons. The van der Waals surface area contributed by atoms with Gasteiger partial charge in [-0.2, -0.15) is 0 Å². The van der Waals surface area contributed by atoms with Crippen LogP contribution in [0.3, 0.4) is 0 Å². The molecule has 74 valence electrons. The molecule has 2 aromatic rings. The van der Waals surface area contributed by atoms with E-state index in [1.54, 1.807) is 6.20 Å². The Hall–Kier alpha value is -1.54. The van der Waals surface area contributed by atoms with E-state index < -0.39 is 0 Å². The van der Waals surface area contributed by atoms with E-state index in [0.29, 0.717) is 0 Å². The molecule has 1 nitrogen and oxygen atoms in total. The lowest BCUT2D eigenvalue weighted by atomic mass is 10.2. The van der Waals surface area contributed by atoms with Crippen LogP contribution in [-0.2, 0) is 0 Å². The Morgan fingerprint density at radius 1 is 1.00 bits per heavy atom. The van der Waals surface area contributed by atoms with Gasteiger partial charge in [0.1, 0.15) is 0 Å². The highest BCUT2D eigenvalue weighted by Gasteiger charge is 1.95. The maximum Gasteiger partial charge on any atom is 0.0640 e. The predicted molar refractivity (Wildman–Crippen MR) is 67.5 cm³/mol. The molecule has 2 heteroatoms. The van der Waals surface area contributed by atoms with Crippen molar-refractivity contribution >= 4 is 23.6 Å². The van der Waals surface area contributed by atoms with Crippen LogP contribution in [0, 0.1) is 0 Å². The number of benzene rings is 1. The molecule has 0 aliphatic carbocycles. The number of aromatic nitrogens is 1. The molecule has 1 aromatic heterocycles. The van der Waals surface area contributed by atoms with E-state index in [1.807, 2.05) is 54.6 Å². The van der Waals surface area contributed by atoms with Crippen molar-refractivity contribution in [1.82, 2.24) is 4.98 Å². The summed E-state index contributed by atoms with van der Waals surface area (Å²) in [5.41, 5.74) is 2.03. The summed E-state index contributed by atoms with van der Waals surface area (Å²) >= 11 is 4.45. The van der Waals surface area contributed by atoms with Gasteiger partial charge in [0.15, 0.2) is 0 Å². The fourth-order valence-electron chi connectivity index (χ4n) is 1.29. The van der Waals surface area contributed by atoms with Gasteiger partial charge in [0.05, 0.1) is 5.69 Å². The highest BCUT2D eigenvalue weighted by Crippen LogP contribution is 2.20. The van der Waals surface area contributed by atoms with Gasteiger partial charge < -0.3 is 0 Å². The lowest BCUT2D eigenvalue weighted by Gasteiger charge is -1.99. The quantitative estimate of drug-likeness (QED) is 0.753. The van der Waals surface area contributed by atoms with Crippen molar-refractivity contribution in [1.29, 1.82) is 0 Å². The van der Waals surface area contributed by atoms with Gasteiger partial charge in [-0.1, -0.05) is 36.4 Å². The fourth-order valence-corrected chi connectivity index (χ4v) is 1.58. The van der Waals surface area contributed by atoms with Crippen LogP contribution in [0.4, 0.5) is 0 Å². The number of rotatable bonds is 2. The lowest BCUT2D eigenvalue weighted by molar-refractivity contribution is 1.30. The molecular formula is C13H11NS. The van der Waals surface area contributed by atoms with Crippen LogP contribution in [0.2, 0.25) is 0 Å². The highest BCUT2D eigenvalue weighted by molar-refractivity contribution is 7.90. The third-order valence-corrected chi connectivity index (χ3v) is 2.43. The van der Waals surface area contributed by atoms with E-state index in [0.717, 1.165) is 16.2 Å². The molecule has 0 atom stereocenters. The number of pyridine rings is 1. The van der Waals surface area contributed by atoms with Crippen LogP contribution in [-0.4, -0.2) is 4.98 Å². The molecule has 0 spiro atoms. The van der Waals surface area contributed by atoms with Crippen LogP contribution in [0.25, 0.3) is 11.0 Å². The second-order valence-corrected chi connectivity index (χ2v) is 3.63. The summed E-state index contributed by atoms with van der Waals surface area (Å²) in [7, 11) is 0. The summed E-state index contributed by atoms with van der Waals surface area (Å²) in [5.74, 6) is 0. The maximum absolute atomic E-state index is 4.45. The smallest absolute Gasteiger partial charge is 0.0640 e. The first kappa shape index (κ1) is 9.99. The molecule has 0 unspecified atom stereocenters. The van der Waals surface area contributed by atoms with E-state index in [2.05, 4.69) is 17.6 Å². The van der Waals surface area contributed by atoms with E-state index in [1.165, 1.54) is 0 Å². The van der Waals surface area contributed by atoms with E-state index in [9.17, 15) is 0 Å². The van der Waals surface area contributed by atoms with Crippen LogP contribution < -0.4 is 0 Å². The second-order valence-electron chi connectivity index (χ2n) is 3.15. The molecule has 15 heavy (non-hydrogen) atoms. The van der Waals surface area contributed by atoms with E-state index in [-0.39, 0.29) is 0 Å². The molecule has 0 amide bonds. The minimum absolute atomic E-state index is 0.923. The van der Waals surface area contributed by atoms with Gasteiger partial charge in [-0.25, -0.2) is 0 Å². The average molecular weight is 213 g/mol. The van der Waals surface area contributed by atoms with Crippen molar-refractivity contribution in [2.75, 3.05) is 0 Å². The number of hydrogen-bond donors (Lipinski definition) is 1. The molecule has 1 heterocycles. The van der Waals surface area contributed by atoms with E-state index in [4.69, 9.17) is 0 Å². The van der Waals surface area contributed by atoms with Gasteiger partial charge >= 0.3 is 0 Å². The Bertz CT molecular complexity index is 448. The van der Waals surface area contributed by atoms with Crippen LogP contribution >= 0.6 is 12.6 Å². The van der Waals surface area contributed by atoms with Gasteiger partial charge in [-0.3, -0.25) is 4.98 Å². The zero-order valence-corrected chi connectivity index (χ0v) is 9.06. The van der Waals surface area contributed by atoms with E-state index >= 15 is 0 Å². The summed E-state index contributed by atoms with van der Waals surface area (Å²) in [5, 5.41) is 0. The minimum atomic E-state index is 0.923. The lowest BCUT2D eigenvalue weighted by Crippen LogP contribution is -1.80. The van der Waals surface area contributed by atoms with Gasteiger partial charge in [0.2, 0.25) is 0 Å². The van der Waals surface area contributed by atoms with Gasteiger partial charge in [-0.15, -0.1) is 12.6 Å². The Morgan fingerprint density at radius 3 is 2.40 bits per heavy atom. The second kappa shape index (κ2) is 4.80. The van der Waals surface area contributed by atoms with Gasteiger partial charge in [0.25, 0.3) is 0 Å². The van der Waals surface area contributed by atoms with Crippen LogP contribution in [0.5, 0.6) is 0 Å². The van der Waals surface area contributed by atoms with Crippen molar-refractivity contribution in [3.8, 4) is 0 Å². The summed E-state index contributed by atoms with van der Waals surface area (Å²) in [4.78, 5) is 5.14. The standard InChI is InChI=1S/C13H11NS/c15-13(11-6-2-1-3-7-11)10-12-8-4-5-9-14-12/h1-10,15H/b13-10+. The monoisotopic (exact) mass is 213 g/mol. The first-order valence-corrected chi connectivity index (χ1v) is 5.18. The molecule has 0 aliphatic heterocycles. The SMILES string of the molecule is S/C(=C/c1ccccn1)c1ccccc1. The summed E-state index contributed by atoms with van der Waals surface area (Å²) in [6.45, 7) is 0. The molecule has 0 N–H and O–H groups in total. The molecule has 0 saturated heterocycles. The number of thiol groups is 1. The first-order valence-electron chi connectivity index (χ1n) is 4.73. The third kappa shape index (κ3) is 2.70. The third-order valence-electron chi connectivity index (χ3n) is 2.04. The zero-order chi connectivity index (χ0) is 10.5. The van der Waals surface area contributed by atoms with Crippen molar-refractivity contribution in [3.05, 3.63) is 66.0 Å². The molecule has 0 bridgehead atoms. The highest BCUT2D eigenvalue weighted by atomic mass is 32.1. The van der Waals surface area contributed by atoms with Gasteiger partial charge in [-0.05, 0) is 23.8 Å². The largest absolute Gasteiger partial charge is 0.257 e. The number of hydrogen-bond acceptors (Lipinski definition) is 2. The average Bonchev–Trinajstić information content (AvgIpc) is 2.31. The first-order chi connectivity index (χ1) is 7.36. The Balaban J connectivity index is 2.29. The fraction of sp³-hybridized carbons (Fsp3) is 0. The molecule has 2 rings (SSSR count). The van der Waals surface area contributed by atoms with Crippen LogP contribution in [0.15, 0.2) is 54.7 Å². The maximum atomic E-state index is 4.45. The summed E-state index contributed by atoms with van der Waals surface area (Å²) in [6, 6.07) is 15.9. The zero-order valence-electron chi connectivity index (χ0n) is 8.17. The summed E-state index contributed by atoms with van der Waals surface area (Å²) in [6.07, 6.45) is 3.73. The Labute approximate surface area is 94.9 Å². The molecular weight excluding hydrogens is 202 g/mol. The molecule has 1 aromatic carbocycles. The Kier molecular flexibility index (Phi) is 3.20. The number of nitrogens with zero attached hydrogens (tertiary/aromatic N) is 1. The normalized spacial score (nSPS) is 11.4. The Morgan fingerprint density at radius 2 is 1.73 bits per heavy atom. The molecule has 0 fully saturated rings. The van der Waals surface area contributed by atoms with Crippen molar-refractivity contribution in [2.45, 2.75) is 0 Å². The van der Waals surface area contributed by atoms with Crippen molar-refractivity contribution in [3.63, 3.8) is 0 Å². The summed E-state index contributed by atoms with van der Waals surface area (Å²) < 4.78 is 0. The topological polar surface area (TPSA) is 12.9 Å².